The molecule has 0 saturated carbocycles. The zero-order chi connectivity index (χ0) is 49.3. The molecule has 0 atom stereocenters. The van der Waals surface area contributed by atoms with Crippen LogP contribution in [0.15, 0.2) is 149 Å². The zero-order valence-electron chi connectivity index (χ0n) is 39.3. The van der Waals surface area contributed by atoms with E-state index in [1.165, 1.54) is 26.4 Å². The summed E-state index contributed by atoms with van der Waals surface area (Å²) in [5.41, 5.74) is 6.40. The summed E-state index contributed by atoms with van der Waals surface area (Å²) in [4.78, 5) is 23.0. The van der Waals surface area contributed by atoms with Crippen LogP contribution in [-0.2, 0) is 51.1 Å². The number of aromatic carboxylic acids is 2. The van der Waals surface area contributed by atoms with Gasteiger partial charge in [-0.25, -0.2) is 26.4 Å². The number of rotatable bonds is 22. The minimum Gasteiger partial charge on any atom is -0.493 e. The number of hydrogen-bond acceptors (Lipinski definition) is 8. The highest BCUT2D eigenvalue weighted by Crippen LogP contribution is 2.31. The lowest BCUT2D eigenvalue weighted by Crippen LogP contribution is -2.15. The van der Waals surface area contributed by atoms with E-state index >= 15 is 0 Å². The van der Waals surface area contributed by atoms with Crippen LogP contribution in [0.3, 0.4) is 0 Å². The Labute approximate surface area is 401 Å². The van der Waals surface area contributed by atoms with Crippen LogP contribution in [0.25, 0.3) is 0 Å². The van der Waals surface area contributed by atoms with Gasteiger partial charge in [-0.05, 0) is 133 Å². The second kappa shape index (κ2) is 24.4. The largest absolute Gasteiger partial charge is 0.493 e. The van der Waals surface area contributed by atoms with Gasteiger partial charge in [0.2, 0.25) is 0 Å². The van der Waals surface area contributed by atoms with Gasteiger partial charge in [-0.15, -0.1) is 0 Å². The van der Waals surface area contributed by atoms with E-state index in [2.05, 4.69) is 30.2 Å². The first-order chi connectivity index (χ1) is 32.4. The molecule has 6 aromatic rings. The molecule has 0 fully saturated rings. The fraction of sp³-hybridized carbons (Fsp3) is 0.296. The minimum absolute atomic E-state index is 0.0436. The first-order valence-corrected chi connectivity index (χ1v) is 25.6. The van der Waals surface area contributed by atoms with Crippen LogP contribution in [0.4, 0.5) is 11.4 Å². The van der Waals surface area contributed by atoms with Crippen LogP contribution in [0, 0.1) is 0 Å². The first kappa shape index (κ1) is 52.3. The summed E-state index contributed by atoms with van der Waals surface area (Å²) < 4.78 is 67.8. The monoisotopic (exact) mass is 962 g/mol. The molecule has 0 bridgehead atoms. The molecule has 6 aromatic carbocycles. The Kier molecular flexibility index (Phi) is 18.8. The summed E-state index contributed by atoms with van der Waals surface area (Å²) in [6.07, 6.45) is 8.11. The molecule has 6 rings (SSSR count). The predicted molar refractivity (Wildman–Crippen MR) is 269 cm³/mol. The van der Waals surface area contributed by atoms with Crippen molar-refractivity contribution in [2.45, 2.75) is 100 Å². The maximum Gasteiger partial charge on any atom is 0.335 e. The molecule has 14 heteroatoms. The molecule has 0 heterocycles. The molecule has 0 aliphatic heterocycles. The van der Waals surface area contributed by atoms with Crippen LogP contribution >= 0.6 is 0 Å². The number of benzene rings is 6. The second-order valence-electron chi connectivity index (χ2n) is 17.4. The molecule has 0 spiro atoms. The number of carbonyl (C=O) groups is 2. The van der Waals surface area contributed by atoms with Gasteiger partial charge in [0.1, 0.15) is 0 Å². The van der Waals surface area contributed by atoms with E-state index in [9.17, 15) is 36.6 Å². The summed E-state index contributed by atoms with van der Waals surface area (Å²) in [6, 6.07) is 40.4. The van der Waals surface area contributed by atoms with Crippen molar-refractivity contribution >= 4 is 43.4 Å². The van der Waals surface area contributed by atoms with Gasteiger partial charge in [0.25, 0.3) is 20.0 Å². The van der Waals surface area contributed by atoms with Crippen molar-refractivity contribution in [1.82, 2.24) is 0 Å². The topological polar surface area (TPSA) is 185 Å². The van der Waals surface area contributed by atoms with E-state index in [4.69, 9.17) is 9.47 Å². The average molecular weight is 963 g/mol. The fourth-order valence-electron chi connectivity index (χ4n) is 7.71. The van der Waals surface area contributed by atoms with E-state index in [1.54, 1.807) is 60.7 Å². The van der Waals surface area contributed by atoms with Crippen molar-refractivity contribution < 1.29 is 46.1 Å². The normalized spacial score (nSPS) is 11.5. The number of para-hydroxylation sites is 2. The van der Waals surface area contributed by atoms with Crippen LogP contribution in [-0.4, -0.2) is 53.2 Å². The number of hydrogen-bond donors (Lipinski definition) is 4. The van der Waals surface area contributed by atoms with Gasteiger partial charge in [0.05, 0.1) is 46.5 Å². The Hall–Kier alpha value is -6.64. The number of anilines is 2. The Morgan fingerprint density at radius 3 is 1.25 bits per heavy atom. The van der Waals surface area contributed by atoms with Crippen molar-refractivity contribution in [1.29, 1.82) is 0 Å². The smallest absolute Gasteiger partial charge is 0.335 e. The third-order valence-electron chi connectivity index (χ3n) is 11.5. The average Bonchev–Trinajstić information content (AvgIpc) is 3.32. The summed E-state index contributed by atoms with van der Waals surface area (Å²) in [7, 11) is -4.56. The fourth-order valence-corrected chi connectivity index (χ4v) is 9.93. The first-order valence-electron chi connectivity index (χ1n) is 22.6. The molecular formula is C54H62N2O10S2. The number of unbranched alkanes of at least 4 members (excludes halogenated alkanes) is 4. The Bertz CT molecular complexity index is 2860. The zero-order valence-corrected chi connectivity index (χ0v) is 41.0. The van der Waals surface area contributed by atoms with Crippen molar-refractivity contribution in [3.63, 3.8) is 0 Å². The van der Waals surface area contributed by atoms with Crippen molar-refractivity contribution in [3.05, 3.63) is 178 Å². The highest BCUT2D eigenvalue weighted by atomic mass is 32.2. The number of sulfonamides is 2. The molecule has 68 heavy (non-hydrogen) atoms. The van der Waals surface area contributed by atoms with Crippen molar-refractivity contribution in [2.75, 3.05) is 23.7 Å². The van der Waals surface area contributed by atoms with Gasteiger partial charge < -0.3 is 19.7 Å². The summed E-state index contributed by atoms with van der Waals surface area (Å²) in [5.74, 6) is -1.02. The Balaban J connectivity index is 0.000000254. The molecule has 12 nitrogen and oxygen atoms in total. The van der Waals surface area contributed by atoms with Crippen LogP contribution in [0.5, 0.6) is 11.5 Å². The molecular weight excluding hydrogens is 901 g/mol. The molecule has 0 aliphatic carbocycles. The van der Waals surface area contributed by atoms with Crippen molar-refractivity contribution in [3.8, 4) is 11.5 Å². The third-order valence-corrected chi connectivity index (χ3v) is 14.2. The quantitative estimate of drug-likeness (QED) is 0.0477. The van der Waals surface area contributed by atoms with Gasteiger partial charge in [0.15, 0.2) is 11.5 Å². The Morgan fingerprint density at radius 2 is 0.838 bits per heavy atom. The highest BCUT2D eigenvalue weighted by molar-refractivity contribution is 7.93. The highest BCUT2D eigenvalue weighted by Gasteiger charge is 2.21. The molecule has 4 N–H and O–H groups in total. The number of methoxy groups -OCH3 is 2. The van der Waals surface area contributed by atoms with E-state index in [-0.39, 0.29) is 15.2 Å². The number of aryl methyl sites for hydroxylation is 4. The molecule has 0 amide bonds. The third kappa shape index (κ3) is 14.9. The molecule has 0 aromatic heterocycles. The molecule has 360 valence electrons. The number of nitrogens with one attached hydrogen (secondary N) is 2. The maximum absolute atomic E-state index is 13.0. The van der Waals surface area contributed by atoms with Gasteiger partial charge >= 0.3 is 11.9 Å². The van der Waals surface area contributed by atoms with E-state index < -0.39 is 32.0 Å². The van der Waals surface area contributed by atoms with Crippen LogP contribution in [0.1, 0.15) is 108 Å². The molecule has 0 radical (unpaired) electrons. The van der Waals surface area contributed by atoms with Gasteiger partial charge in [-0.2, -0.15) is 0 Å². The van der Waals surface area contributed by atoms with Crippen LogP contribution < -0.4 is 18.9 Å². The van der Waals surface area contributed by atoms with Crippen LogP contribution in [0.2, 0.25) is 0 Å². The van der Waals surface area contributed by atoms with Gasteiger partial charge in [0, 0.05) is 6.07 Å². The van der Waals surface area contributed by atoms with Gasteiger partial charge in [-0.3, -0.25) is 9.44 Å². The lowest BCUT2D eigenvalue weighted by molar-refractivity contribution is 0.0684. The standard InChI is InChI=1S/C28H33NO4S.C26H29NO6S/c1-28(2,3)23-17-19-24(20-18-23)34(32,33)29-26-16-10-8-14-22(26)13-6-4-5-11-21-12-7-9-15-25(21)27(30)31;1-32-24-17-16-21(18-25(24)33-2)34(30,31)27-23-15-9-7-13-20(23)12-5-3-4-10-19-11-6-8-14-22(19)26(28)29/h7-10,12,14-20,29H,4-6,11,13H2,1-3H3,(H,30,31);6-9,11,13-18,27H,3-5,10,12H2,1-2H3,(H,28,29). The number of ether oxygens (including phenoxy) is 2. The summed E-state index contributed by atoms with van der Waals surface area (Å²) in [5, 5.41) is 18.6. The number of carboxylic acids is 2. The Morgan fingerprint density at radius 1 is 0.471 bits per heavy atom. The summed E-state index contributed by atoms with van der Waals surface area (Å²) in [6.45, 7) is 6.28. The van der Waals surface area contributed by atoms with E-state index in [0.717, 1.165) is 72.8 Å². The molecule has 0 aliphatic rings. The number of carboxylic acid groups (broad SMARTS) is 2. The van der Waals surface area contributed by atoms with E-state index in [0.29, 0.717) is 53.3 Å². The predicted octanol–water partition coefficient (Wildman–Crippen LogP) is 11.6. The molecule has 0 saturated heterocycles. The SMILES string of the molecule is CC(C)(C)c1ccc(S(=O)(=O)Nc2ccccc2CCCCCc2ccccc2C(=O)O)cc1.COc1ccc(S(=O)(=O)Nc2ccccc2CCCCCc2ccccc2C(=O)O)cc1OC. The second-order valence-corrected chi connectivity index (χ2v) is 20.7. The molecule has 0 unspecified atom stereocenters. The minimum atomic E-state index is -3.82. The van der Waals surface area contributed by atoms with Crippen molar-refractivity contribution in [2.24, 2.45) is 0 Å². The maximum atomic E-state index is 13.0. The lowest BCUT2D eigenvalue weighted by Gasteiger charge is -2.19. The van der Waals surface area contributed by atoms with Gasteiger partial charge in [-0.1, -0.05) is 119 Å². The lowest BCUT2D eigenvalue weighted by atomic mass is 9.87. The van der Waals surface area contributed by atoms with E-state index in [1.807, 2.05) is 66.7 Å². The summed E-state index contributed by atoms with van der Waals surface area (Å²) >= 11 is 0.